The number of carbonyl (C=O) groups excluding carboxylic acids is 1. The van der Waals surface area contributed by atoms with E-state index in [0.29, 0.717) is 28.4 Å². The summed E-state index contributed by atoms with van der Waals surface area (Å²) in [5.41, 5.74) is 0.996. The molecule has 0 saturated carbocycles. The molecule has 2 rings (SSSR count). The Morgan fingerprint density at radius 3 is 3.05 bits per heavy atom. The minimum atomic E-state index is -0.410. The predicted molar refractivity (Wildman–Crippen MR) is 73.3 cm³/mol. The van der Waals surface area contributed by atoms with Crippen molar-refractivity contribution in [1.29, 1.82) is 5.26 Å². The SMILES string of the molecule is COC(=O)c1cc(CSc2cc(C#N)ccn2)oc1C. The number of nitrogens with zero attached hydrogens (tertiary/aromatic N) is 2. The van der Waals surface area contributed by atoms with Crippen molar-refractivity contribution in [2.75, 3.05) is 7.11 Å². The number of aryl methyl sites for hydroxylation is 1. The molecule has 0 spiro atoms. The van der Waals surface area contributed by atoms with Gasteiger partial charge in [0.05, 0.1) is 29.5 Å². The van der Waals surface area contributed by atoms with Crippen molar-refractivity contribution < 1.29 is 13.9 Å². The summed E-state index contributed by atoms with van der Waals surface area (Å²) >= 11 is 1.44. The molecular formula is C14H12N2O3S. The Kier molecular flexibility index (Phi) is 4.43. The first kappa shape index (κ1) is 14.2. The second-order valence-corrected chi connectivity index (χ2v) is 4.95. The highest BCUT2D eigenvalue weighted by molar-refractivity contribution is 7.98. The fourth-order valence-electron chi connectivity index (χ4n) is 1.63. The fraction of sp³-hybridized carbons (Fsp3) is 0.214. The predicted octanol–water partition coefficient (Wildman–Crippen LogP) is 2.93. The zero-order valence-corrected chi connectivity index (χ0v) is 11.9. The van der Waals surface area contributed by atoms with Crippen LogP contribution in [0.3, 0.4) is 0 Å². The maximum absolute atomic E-state index is 11.5. The van der Waals surface area contributed by atoms with E-state index in [9.17, 15) is 4.79 Å². The average Bonchev–Trinajstić information content (AvgIpc) is 2.85. The number of hydrogen-bond acceptors (Lipinski definition) is 6. The van der Waals surface area contributed by atoms with Crippen LogP contribution in [0, 0.1) is 18.3 Å². The molecule has 0 radical (unpaired) electrons. The lowest BCUT2D eigenvalue weighted by atomic mass is 10.2. The van der Waals surface area contributed by atoms with Gasteiger partial charge in [-0.05, 0) is 25.1 Å². The first-order chi connectivity index (χ1) is 9.63. The molecule has 5 nitrogen and oxygen atoms in total. The van der Waals surface area contributed by atoms with Crippen LogP contribution in [0.5, 0.6) is 0 Å². The van der Waals surface area contributed by atoms with Crippen molar-refractivity contribution >= 4 is 17.7 Å². The number of aromatic nitrogens is 1. The van der Waals surface area contributed by atoms with Gasteiger partial charge in [0.15, 0.2) is 0 Å². The van der Waals surface area contributed by atoms with Crippen molar-refractivity contribution in [1.82, 2.24) is 4.98 Å². The number of furan rings is 1. The summed E-state index contributed by atoms with van der Waals surface area (Å²) in [6.45, 7) is 1.72. The summed E-state index contributed by atoms with van der Waals surface area (Å²) in [5.74, 6) is 1.31. The van der Waals surface area contributed by atoms with Crippen LogP contribution < -0.4 is 0 Å². The van der Waals surface area contributed by atoms with Crippen LogP contribution in [0.4, 0.5) is 0 Å². The van der Waals surface area contributed by atoms with Gasteiger partial charge in [0.25, 0.3) is 0 Å². The number of methoxy groups -OCH3 is 1. The van der Waals surface area contributed by atoms with E-state index in [-0.39, 0.29) is 0 Å². The number of nitriles is 1. The van der Waals surface area contributed by atoms with Crippen molar-refractivity contribution in [3.63, 3.8) is 0 Å². The minimum absolute atomic E-state index is 0.410. The van der Waals surface area contributed by atoms with Crippen molar-refractivity contribution in [2.24, 2.45) is 0 Å². The molecule has 102 valence electrons. The Morgan fingerprint density at radius 2 is 2.35 bits per heavy atom. The van der Waals surface area contributed by atoms with Crippen LogP contribution in [0.1, 0.15) is 27.4 Å². The summed E-state index contributed by atoms with van der Waals surface area (Å²) in [7, 11) is 1.33. The van der Waals surface area contributed by atoms with E-state index in [1.807, 2.05) is 0 Å². The number of rotatable bonds is 4. The highest BCUT2D eigenvalue weighted by Gasteiger charge is 2.15. The van der Waals surface area contributed by atoms with Gasteiger partial charge in [-0.15, -0.1) is 0 Å². The number of carbonyl (C=O) groups is 1. The molecule has 6 heteroatoms. The molecule has 0 aromatic carbocycles. The normalized spacial score (nSPS) is 10.1. The van der Waals surface area contributed by atoms with Gasteiger partial charge in [-0.25, -0.2) is 9.78 Å². The van der Waals surface area contributed by atoms with Crippen molar-refractivity contribution in [2.45, 2.75) is 17.7 Å². The zero-order chi connectivity index (χ0) is 14.5. The molecule has 0 unspecified atom stereocenters. The molecule has 0 aliphatic rings. The molecule has 2 heterocycles. The average molecular weight is 288 g/mol. The third-order valence-electron chi connectivity index (χ3n) is 2.60. The molecule has 20 heavy (non-hydrogen) atoms. The van der Waals surface area contributed by atoms with Gasteiger partial charge in [-0.3, -0.25) is 0 Å². The van der Waals surface area contributed by atoms with Gasteiger partial charge in [0.2, 0.25) is 0 Å². The molecule has 0 N–H and O–H groups in total. The first-order valence-corrected chi connectivity index (χ1v) is 6.79. The maximum Gasteiger partial charge on any atom is 0.341 e. The molecule has 0 aliphatic heterocycles. The smallest absolute Gasteiger partial charge is 0.341 e. The summed E-state index contributed by atoms with van der Waals surface area (Å²) in [6.07, 6.45) is 1.59. The summed E-state index contributed by atoms with van der Waals surface area (Å²) in [6, 6.07) is 7.09. The lowest BCUT2D eigenvalue weighted by Crippen LogP contribution is -2.00. The molecule has 0 bridgehead atoms. The zero-order valence-electron chi connectivity index (χ0n) is 11.0. The second kappa shape index (κ2) is 6.26. The van der Waals surface area contributed by atoms with E-state index in [0.717, 1.165) is 5.03 Å². The van der Waals surface area contributed by atoms with Crippen LogP contribution >= 0.6 is 11.8 Å². The Balaban J connectivity index is 2.08. The summed E-state index contributed by atoms with van der Waals surface area (Å²) in [5, 5.41) is 9.55. The number of thioether (sulfide) groups is 1. The standard InChI is InChI=1S/C14H12N2O3S/c1-9-12(14(17)18-2)6-11(19-9)8-20-13-5-10(7-15)3-4-16-13/h3-6H,8H2,1-2H3. The summed E-state index contributed by atoms with van der Waals surface area (Å²) in [4.78, 5) is 15.6. The number of esters is 1. The molecule has 0 saturated heterocycles. The Morgan fingerprint density at radius 1 is 1.55 bits per heavy atom. The largest absolute Gasteiger partial charge is 0.465 e. The number of hydrogen-bond donors (Lipinski definition) is 0. The van der Waals surface area contributed by atoms with Crippen LogP contribution in [-0.2, 0) is 10.5 Å². The molecule has 0 atom stereocenters. The molecule has 2 aromatic heterocycles. The van der Waals surface area contributed by atoms with Gasteiger partial charge in [0, 0.05) is 6.20 Å². The Labute approximate surface area is 120 Å². The highest BCUT2D eigenvalue weighted by Crippen LogP contribution is 2.24. The molecular weight excluding hydrogens is 276 g/mol. The minimum Gasteiger partial charge on any atom is -0.465 e. The third kappa shape index (κ3) is 3.19. The number of pyridine rings is 1. The molecule has 2 aromatic rings. The molecule has 0 aliphatic carbocycles. The Bertz CT molecular complexity index is 673. The van der Waals surface area contributed by atoms with Crippen LogP contribution in [0.2, 0.25) is 0 Å². The van der Waals surface area contributed by atoms with Crippen molar-refractivity contribution in [3.05, 3.63) is 47.0 Å². The Hall–Kier alpha value is -2.26. The summed E-state index contributed by atoms with van der Waals surface area (Å²) < 4.78 is 10.2. The first-order valence-electron chi connectivity index (χ1n) is 5.80. The quantitative estimate of drug-likeness (QED) is 0.636. The fourth-order valence-corrected chi connectivity index (χ4v) is 2.41. The second-order valence-electron chi connectivity index (χ2n) is 3.96. The van der Waals surface area contributed by atoms with Crippen LogP contribution in [0.15, 0.2) is 33.8 Å². The number of ether oxygens (including phenoxy) is 1. The van der Waals surface area contributed by atoms with E-state index in [1.54, 1.807) is 31.3 Å². The van der Waals surface area contributed by atoms with E-state index in [4.69, 9.17) is 9.68 Å². The van der Waals surface area contributed by atoms with Crippen molar-refractivity contribution in [3.8, 4) is 6.07 Å². The monoisotopic (exact) mass is 288 g/mol. The highest BCUT2D eigenvalue weighted by atomic mass is 32.2. The maximum atomic E-state index is 11.5. The van der Waals surface area contributed by atoms with E-state index >= 15 is 0 Å². The topological polar surface area (TPSA) is 76.1 Å². The third-order valence-corrected chi connectivity index (χ3v) is 3.55. The van der Waals surface area contributed by atoms with Gasteiger partial charge >= 0.3 is 5.97 Å². The van der Waals surface area contributed by atoms with Gasteiger partial charge in [-0.1, -0.05) is 11.8 Å². The molecule has 0 amide bonds. The lowest BCUT2D eigenvalue weighted by Gasteiger charge is -1.98. The van der Waals surface area contributed by atoms with Crippen LogP contribution in [-0.4, -0.2) is 18.1 Å². The van der Waals surface area contributed by atoms with E-state index < -0.39 is 5.97 Å². The van der Waals surface area contributed by atoms with Crippen LogP contribution in [0.25, 0.3) is 0 Å². The van der Waals surface area contributed by atoms with E-state index in [1.165, 1.54) is 18.9 Å². The lowest BCUT2D eigenvalue weighted by molar-refractivity contribution is 0.0599. The van der Waals surface area contributed by atoms with Gasteiger partial charge < -0.3 is 9.15 Å². The van der Waals surface area contributed by atoms with Gasteiger partial charge in [-0.2, -0.15) is 5.26 Å². The molecule has 0 fully saturated rings. The van der Waals surface area contributed by atoms with Gasteiger partial charge in [0.1, 0.15) is 17.1 Å². The van der Waals surface area contributed by atoms with E-state index in [2.05, 4.69) is 15.8 Å².